The molecule has 6 nitrogen and oxygen atoms in total. The highest BCUT2D eigenvalue weighted by Gasteiger charge is 2.40. The molecule has 0 amide bonds. The fourth-order valence-electron chi connectivity index (χ4n) is 3.77. The molecule has 2 fully saturated rings. The molecule has 0 unspecified atom stereocenters. The molecule has 2 aromatic rings. The maximum Gasteiger partial charge on any atom is 0.262 e. The van der Waals surface area contributed by atoms with Crippen LogP contribution in [0.3, 0.4) is 0 Å². The number of sulfonamides is 1. The Morgan fingerprint density at radius 2 is 1.93 bits per heavy atom. The second-order valence-corrected chi connectivity index (χ2v) is 9.60. The Labute approximate surface area is 159 Å². The van der Waals surface area contributed by atoms with Gasteiger partial charge in [-0.2, -0.15) is 4.31 Å². The lowest BCUT2D eigenvalue weighted by atomic mass is 9.89. The van der Waals surface area contributed by atoms with E-state index in [1.165, 1.54) is 41.8 Å². The van der Waals surface area contributed by atoms with E-state index in [1.807, 2.05) is 0 Å². The first-order valence-electron chi connectivity index (χ1n) is 9.38. The second kappa shape index (κ2) is 7.33. The van der Waals surface area contributed by atoms with Crippen molar-refractivity contribution >= 4 is 10.0 Å². The van der Waals surface area contributed by atoms with Crippen LogP contribution in [0.1, 0.15) is 24.3 Å². The summed E-state index contributed by atoms with van der Waals surface area (Å²) in [5.74, 6) is 0.672. The lowest BCUT2D eigenvalue weighted by Gasteiger charge is -2.19. The molecule has 1 saturated carbocycles. The van der Waals surface area contributed by atoms with Gasteiger partial charge < -0.3 is 9.88 Å². The average molecular weight is 393 g/mol. The minimum absolute atomic E-state index is 0.0378. The number of benzene rings is 1. The zero-order valence-corrected chi connectivity index (χ0v) is 16.2. The van der Waals surface area contributed by atoms with Crippen LogP contribution in [0.25, 0.3) is 0 Å². The molecule has 4 rings (SSSR count). The molecule has 1 aliphatic carbocycles. The number of nitrogens with one attached hydrogen (secondary N) is 1. The van der Waals surface area contributed by atoms with Gasteiger partial charge in [0.1, 0.15) is 5.82 Å². The number of nitrogens with zero attached hydrogens (tertiary/aromatic N) is 3. The number of halogens is 1. The van der Waals surface area contributed by atoms with Crippen LogP contribution in [-0.4, -0.2) is 48.5 Å². The van der Waals surface area contributed by atoms with Gasteiger partial charge in [0.25, 0.3) is 10.0 Å². The van der Waals surface area contributed by atoms with Crippen molar-refractivity contribution in [2.75, 3.05) is 26.2 Å². The predicted molar refractivity (Wildman–Crippen MR) is 100 cm³/mol. The fourth-order valence-corrected chi connectivity index (χ4v) is 5.26. The van der Waals surface area contributed by atoms with Crippen molar-refractivity contribution in [3.63, 3.8) is 0 Å². The Hall–Kier alpha value is -1.77. The first-order valence-corrected chi connectivity index (χ1v) is 10.8. The van der Waals surface area contributed by atoms with Gasteiger partial charge in [-0.15, -0.1) is 0 Å². The number of hydrogen-bond acceptors (Lipinski definition) is 4. The number of rotatable bonds is 7. The summed E-state index contributed by atoms with van der Waals surface area (Å²) >= 11 is 0. The Balaban J connectivity index is 1.54. The highest BCUT2D eigenvalue weighted by molar-refractivity contribution is 7.89. The molecule has 27 heavy (non-hydrogen) atoms. The third-order valence-corrected chi connectivity index (χ3v) is 7.24. The summed E-state index contributed by atoms with van der Waals surface area (Å²) in [7, 11) is -1.88. The van der Waals surface area contributed by atoms with Gasteiger partial charge in [-0.25, -0.2) is 17.8 Å². The van der Waals surface area contributed by atoms with Crippen LogP contribution in [0.15, 0.2) is 41.8 Å². The number of imidazole rings is 1. The summed E-state index contributed by atoms with van der Waals surface area (Å²) in [5.41, 5.74) is 0.980. The fraction of sp³-hybridized carbons (Fsp3) is 0.526. The van der Waals surface area contributed by atoms with Crippen molar-refractivity contribution in [3.8, 4) is 0 Å². The second-order valence-electron chi connectivity index (χ2n) is 7.72. The van der Waals surface area contributed by atoms with Crippen molar-refractivity contribution in [3.05, 3.63) is 48.2 Å². The Morgan fingerprint density at radius 1 is 1.19 bits per heavy atom. The molecular weight excluding hydrogens is 367 g/mol. The predicted octanol–water partition coefficient (Wildman–Crippen LogP) is 1.96. The quantitative estimate of drug-likeness (QED) is 0.782. The summed E-state index contributed by atoms with van der Waals surface area (Å²) in [5, 5.41) is 3.58. The SMILES string of the molecule is Cn1cnc(S(=O)(=O)N2C[C@@H](CNCC3CC3)[C@H](c3ccc(F)cc3)C2)c1. The van der Waals surface area contributed by atoms with Crippen LogP contribution in [-0.2, 0) is 17.1 Å². The first kappa shape index (κ1) is 18.6. The number of aromatic nitrogens is 2. The highest BCUT2D eigenvalue weighted by Crippen LogP contribution is 2.35. The molecule has 1 aromatic carbocycles. The number of aryl methyl sites for hydroxylation is 1. The van der Waals surface area contributed by atoms with E-state index in [-0.39, 0.29) is 22.7 Å². The normalized spacial score (nSPS) is 23.8. The Bertz CT molecular complexity index is 893. The third-order valence-electron chi connectivity index (χ3n) is 5.53. The van der Waals surface area contributed by atoms with Crippen LogP contribution in [0.2, 0.25) is 0 Å². The van der Waals surface area contributed by atoms with Gasteiger partial charge in [-0.1, -0.05) is 12.1 Å². The zero-order chi connectivity index (χ0) is 19.0. The molecule has 0 bridgehead atoms. The number of hydrogen-bond donors (Lipinski definition) is 1. The lowest BCUT2D eigenvalue weighted by molar-refractivity contribution is 0.435. The molecule has 8 heteroatoms. The summed E-state index contributed by atoms with van der Waals surface area (Å²) in [6, 6.07) is 6.43. The molecule has 1 saturated heterocycles. The molecule has 1 aliphatic heterocycles. The van der Waals surface area contributed by atoms with Gasteiger partial charge in [-0.05, 0) is 55.5 Å². The minimum Gasteiger partial charge on any atom is -0.339 e. The van der Waals surface area contributed by atoms with E-state index in [4.69, 9.17) is 0 Å². The van der Waals surface area contributed by atoms with E-state index in [0.717, 1.165) is 24.6 Å². The summed E-state index contributed by atoms with van der Waals surface area (Å²) in [6.45, 7) is 2.57. The van der Waals surface area contributed by atoms with Gasteiger partial charge in [0.05, 0.1) is 6.33 Å². The largest absolute Gasteiger partial charge is 0.339 e. The standard InChI is InChI=1S/C19H25FN4O2S/c1-23-12-19(22-13-23)27(25,26)24-10-16(9-21-8-14-2-3-14)18(11-24)15-4-6-17(20)7-5-15/h4-7,12-14,16,18,21H,2-3,8-11H2,1H3/t16-,18+/m1/s1. The maximum atomic E-state index is 13.3. The highest BCUT2D eigenvalue weighted by atomic mass is 32.2. The van der Waals surface area contributed by atoms with E-state index in [0.29, 0.717) is 13.1 Å². The third kappa shape index (κ3) is 4.07. The monoisotopic (exact) mass is 392 g/mol. The van der Waals surface area contributed by atoms with Gasteiger partial charge in [0.2, 0.25) is 0 Å². The van der Waals surface area contributed by atoms with Crippen molar-refractivity contribution in [1.29, 1.82) is 0 Å². The van der Waals surface area contributed by atoms with Crippen molar-refractivity contribution in [1.82, 2.24) is 19.2 Å². The Kier molecular flexibility index (Phi) is 5.05. The van der Waals surface area contributed by atoms with Crippen molar-refractivity contribution in [2.24, 2.45) is 18.9 Å². The van der Waals surface area contributed by atoms with Gasteiger partial charge in [0, 0.05) is 32.3 Å². The van der Waals surface area contributed by atoms with Crippen LogP contribution in [0.4, 0.5) is 4.39 Å². The van der Waals surface area contributed by atoms with E-state index in [2.05, 4.69) is 10.3 Å². The van der Waals surface area contributed by atoms with Crippen molar-refractivity contribution < 1.29 is 12.8 Å². The molecule has 0 spiro atoms. The van der Waals surface area contributed by atoms with Crippen LogP contribution >= 0.6 is 0 Å². The molecule has 0 radical (unpaired) electrons. The summed E-state index contributed by atoms with van der Waals surface area (Å²) in [4.78, 5) is 4.03. The molecule has 1 N–H and O–H groups in total. The summed E-state index contributed by atoms with van der Waals surface area (Å²) in [6.07, 6.45) is 5.58. The average Bonchev–Trinajstić information content (AvgIpc) is 3.18. The maximum absolute atomic E-state index is 13.3. The van der Waals surface area contributed by atoms with E-state index in [1.54, 1.807) is 23.7 Å². The van der Waals surface area contributed by atoms with Crippen LogP contribution in [0, 0.1) is 17.7 Å². The molecular formula is C19H25FN4O2S. The minimum atomic E-state index is -3.63. The first-order chi connectivity index (χ1) is 12.9. The van der Waals surface area contributed by atoms with Crippen molar-refractivity contribution in [2.45, 2.75) is 23.8 Å². The van der Waals surface area contributed by atoms with Crippen LogP contribution in [0.5, 0.6) is 0 Å². The van der Waals surface area contributed by atoms with Gasteiger partial charge in [0.15, 0.2) is 5.03 Å². The smallest absolute Gasteiger partial charge is 0.262 e. The summed E-state index contributed by atoms with van der Waals surface area (Å²) < 4.78 is 42.5. The van der Waals surface area contributed by atoms with E-state index in [9.17, 15) is 12.8 Å². The lowest BCUT2D eigenvalue weighted by Crippen LogP contribution is -2.31. The molecule has 146 valence electrons. The zero-order valence-electron chi connectivity index (χ0n) is 15.4. The Morgan fingerprint density at radius 3 is 2.56 bits per heavy atom. The molecule has 2 aliphatic rings. The molecule has 2 heterocycles. The molecule has 2 atom stereocenters. The van der Waals surface area contributed by atoms with Gasteiger partial charge >= 0.3 is 0 Å². The van der Waals surface area contributed by atoms with E-state index >= 15 is 0 Å². The van der Waals surface area contributed by atoms with E-state index < -0.39 is 10.0 Å². The van der Waals surface area contributed by atoms with Crippen LogP contribution < -0.4 is 5.32 Å². The molecule has 1 aromatic heterocycles. The topological polar surface area (TPSA) is 67.2 Å². The van der Waals surface area contributed by atoms with Gasteiger partial charge in [-0.3, -0.25) is 0 Å².